The number of rotatable bonds is 12. The lowest BCUT2D eigenvalue weighted by Gasteiger charge is -2.29. The molecule has 1 amide bonds. The van der Waals surface area contributed by atoms with Crippen molar-refractivity contribution in [1.29, 1.82) is 0 Å². The van der Waals surface area contributed by atoms with Crippen LogP contribution in [0.1, 0.15) is 50.2 Å². The van der Waals surface area contributed by atoms with Crippen molar-refractivity contribution in [2.45, 2.75) is 62.8 Å². The quantitative estimate of drug-likeness (QED) is 0.197. The van der Waals surface area contributed by atoms with Gasteiger partial charge in [-0.25, -0.2) is 13.9 Å². The van der Waals surface area contributed by atoms with Crippen molar-refractivity contribution in [2.75, 3.05) is 13.7 Å². The minimum Gasteiger partial charge on any atom is -0.497 e. The summed E-state index contributed by atoms with van der Waals surface area (Å²) in [7, 11) is -2.72. The number of fused-ring (bicyclic) bond motifs is 1. The molecule has 2 N–H and O–H groups in total. The molecular formula is C25H32N2O7S. The summed E-state index contributed by atoms with van der Waals surface area (Å²) in [6.07, 6.45) is 4.18. The van der Waals surface area contributed by atoms with E-state index in [-0.39, 0.29) is 24.3 Å². The zero-order chi connectivity index (χ0) is 25.4. The fourth-order valence-corrected chi connectivity index (χ4v) is 5.82. The van der Waals surface area contributed by atoms with Crippen molar-refractivity contribution in [3.63, 3.8) is 0 Å². The topological polar surface area (TPSA) is 122 Å². The van der Waals surface area contributed by atoms with Crippen molar-refractivity contribution < 1.29 is 32.7 Å². The van der Waals surface area contributed by atoms with Crippen molar-refractivity contribution in [1.82, 2.24) is 9.79 Å². The van der Waals surface area contributed by atoms with Gasteiger partial charge in [0.25, 0.3) is 5.91 Å². The van der Waals surface area contributed by atoms with Crippen LogP contribution in [0.15, 0.2) is 47.4 Å². The normalized spacial score (nSPS) is 13.8. The maximum absolute atomic E-state index is 13.5. The molecule has 9 nitrogen and oxygen atoms in total. The highest BCUT2D eigenvalue weighted by Gasteiger charge is 2.36. The number of amides is 1. The number of carbonyl (C=O) groups excluding carboxylic acids is 2. The van der Waals surface area contributed by atoms with Crippen molar-refractivity contribution in [2.24, 2.45) is 0 Å². The van der Waals surface area contributed by atoms with Crippen molar-refractivity contribution >= 4 is 21.9 Å². The van der Waals surface area contributed by atoms with Gasteiger partial charge in [0.05, 0.1) is 18.4 Å². The van der Waals surface area contributed by atoms with E-state index >= 15 is 0 Å². The predicted octanol–water partition coefficient (Wildman–Crippen LogP) is 3.23. The predicted molar refractivity (Wildman–Crippen MR) is 129 cm³/mol. The first-order valence-corrected chi connectivity index (χ1v) is 13.2. The van der Waals surface area contributed by atoms with Crippen LogP contribution in [0.5, 0.6) is 11.5 Å². The van der Waals surface area contributed by atoms with E-state index in [2.05, 4.69) is 0 Å². The molecule has 1 aliphatic carbocycles. The molecule has 0 spiro atoms. The molecule has 190 valence electrons. The number of nitrogens with one attached hydrogen (secondary N) is 1. The standard InChI is InChI=1S/C25H32N2O7S/c1-3-4-8-23(25(29)26-30)27(35(31,32)22-13-11-20(33-2)12-14-22)16-15-24(28)34-21-10-9-18-6-5-7-19(18)17-21/h9-14,17,23,30H,3-8,15-16H2,1-2H3,(H,26,29). The Bertz CT molecular complexity index is 1130. The van der Waals surface area contributed by atoms with E-state index in [9.17, 15) is 23.2 Å². The van der Waals surface area contributed by atoms with Gasteiger partial charge in [-0.1, -0.05) is 25.8 Å². The van der Waals surface area contributed by atoms with Gasteiger partial charge in [-0.2, -0.15) is 4.31 Å². The molecule has 1 atom stereocenters. The number of nitrogens with zero attached hydrogens (tertiary/aromatic N) is 1. The van der Waals surface area contributed by atoms with Crippen LogP contribution in [-0.2, 0) is 32.5 Å². The van der Waals surface area contributed by atoms with Gasteiger partial charge in [0, 0.05) is 6.54 Å². The molecule has 0 fully saturated rings. The molecule has 0 bridgehead atoms. The largest absolute Gasteiger partial charge is 0.497 e. The fraction of sp³-hybridized carbons (Fsp3) is 0.440. The summed E-state index contributed by atoms with van der Waals surface area (Å²) in [5, 5.41) is 9.28. The number of aryl methyl sites for hydroxylation is 2. The second-order valence-electron chi connectivity index (χ2n) is 8.43. The second kappa shape index (κ2) is 12.1. The van der Waals surface area contributed by atoms with Crippen LogP contribution in [0.25, 0.3) is 0 Å². The smallest absolute Gasteiger partial charge is 0.312 e. The number of esters is 1. The zero-order valence-electron chi connectivity index (χ0n) is 20.0. The van der Waals surface area contributed by atoms with Crippen LogP contribution in [0, 0.1) is 0 Å². The summed E-state index contributed by atoms with van der Waals surface area (Å²) in [6, 6.07) is 10.1. The van der Waals surface area contributed by atoms with Crippen LogP contribution in [0.2, 0.25) is 0 Å². The van der Waals surface area contributed by atoms with E-state index in [4.69, 9.17) is 9.47 Å². The Balaban J connectivity index is 1.82. The molecule has 0 saturated heterocycles. The first-order chi connectivity index (χ1) is 16.8. The zero-order valence-corrected chi connectivity index (χ0v) is 20.8. The SMILES string of the molecule is CCCCC(C(=O)NO)N(CCC(=O)Oc1ccc2c(c1)CCC2)S(=O)(=O)c1ccc(OC)cc1. The number of hydroxylamine groups is 1. The summed E-state index contributed by atoms with van der Waals surface area (Å²) in [5.41, 5.74) is 3.96. The average molecular weight is 505 g/mol. The van der Waals surface area contributed by atoms with Crippen LogP contribution in [-0.4, -0.2) is 49.5 Å². The first kappa shape index (κ1) is 26.7. The average Bonchev–Trinajstić information content (AvgIpc) is 3.33. The number of ether oxygens (including phenoxy) is 2. The highest BCUT2D eigenvalue weighted by atomic mass is 32.2. The van der Waals surface area contributed by atoms with E-state index < -0.39 is 27.9 Å². The van der Waals surface area contributed by atoms with Gasteiger partial charge < -0.3 is 9.47 Å². The number of hydrogen-bond acceptors (Lipinski definition) is 7. The minimum absolute atomic E-state index is 0.0578. The molecule has 35 heavy (non-hydrogen) atoms. The Morgan fingerprint density at radius 2 is 1.77 bits per heavy atom. The van der Waals surface area contributed by atoms with Crippen molar-refractivity contribution in [3.05, 3.63) is 53.6 Å². The first-order valence-electron chi connectivity index (χ1n) is 11.7. The third-order valence-electron chi connectivity index (χ3n) is 6.10. The number of sulfonamides is 1. The number of methoxy groups -OCH3 is 1. The van der Waals surface area contributed by atoms with Gasteiger partial charge in [0.2, 0.25) is 10.0 Å². The summed E-state index contributed by atoms with van der Waals surface area (Å²) in [5.74, 6) is -0.584. The minimum atomic E-state index is -4.19. The Kier molecular flexibility index (Phi) is 9.25. The van der Waals surface area contributed by atoms with Gasteiger partial charge in [-0.15, -0.1) is 0 Å². The van der Waals surface area contributed by atoms with Crippen LogP contribution >= 0.6 is 0 Å². The fourth-order valence-electron chi connectivity index (χ4n) is 4.20. The molecule has 0 aromatic heterocycles. The number of hydrogen-bond donors (Lipinski definition) is 2. The van der Waals surface area contributed by atoms with E-state index in [1.165, 1.54) is 36.9 Å². The van der Waals surface area contributed by atoms with Gasteiger partial charge in [-0.05, 0) is 73.2 Å². The van der Waals surface area contributed by atoms with Gasteiger partial charge in [0.1, 0.15) is 17.5 Å². The van der Waals surface area contributed by atoms with E-state index in [1.807, 2.05) is 19.1 Å². The third-order valence-corrected chi connectivity index (χ3v) is 8.02. The van der Waals surface area contributed by atoms with Crippen LogP contribution in [0.3, 0.4) is 0 Å². The van der Waals surface area contributed by atoms with E-state index in [0.717, 1.165) is 29.1 Å². The summed E-state index contributed by atoms with van der Waals surface area (Å²) in [6.45, 7) is 1.62. The Labute approximate surface area is 206 Å². The molecule has 2 aromatic carbocycles. The maximum atomic E-state index is 13.5. The Hall–Kier alpha value is -2.95. The summed E-state index contributed by atoms with van der Waals surface area (Å²) < 4.78 is 38.6. The lowest BCUT2D eigenvalue weighted by Crippen LogP contribution is -2.49. The molecule has 3 rings (SSSR count). The third kappa shape index (κ3) is 6.59. The highest BCUT2D eigenvalue weighted by molar-refractivity contribution is 7.89. The molecular weight excluding hydrogens is 472 g/mol. The summed E-state index contributed by atoms with van der Waals surface area (Å²) in [4.78, 5) is 25.1. The second-order valence-corrected chi connectivity index (χ2v) is 10.3. The van der Waals surface area contributed by atoms with Gasteiger partial charge in [-0.3, -0.25) is 14.8 Å². The molecule has 1 aliphatic rings. The van der Waals surface area contributed by atoms with E-state index in [1.54, 1.807) is 11.5 Å². The molecule has 0 heterocycles. The lowest BCUT2D eigenvalue weighted by molar-refractivity contribution is -0.136. The molecule has 0 radical (unpaired) electrons. The Morgan fingerprint density at radius 3 is 2.43 bits per heavy atom. The molecule has 2 aromatic rings. The maximum Gasteiger partial charge on any atom is 0.312 e. The molecule has 1 unspecified atom stereocenters. The van der Waals surface area contributed by atoms with Gasteiger partial charge >= 0.3 is 5.97 Å². The van der Waals surface area contributed by atoms with Crippen LogP contribution in [0.4, 0.5) is 0 Å². The number of benzene rings is 2. The molecule has 10 heteroatoms. The van der Waals surface area contributed by atoms with Crippen molar-refractivity contribution in [3.8, 4) is 11.5 Å². The summed E-state index contributed by atoms with van der Waals surface area (Å²) >= 11 is 0. The number of carbonyl (C=O) groups is 2. The Morgan fingerprint density at radius 1 is 1.09 bits per heavy atom. The molecule has 0 aliphatic heterocycles. The monoisotopic (exact) mass is 504 g/mol. The number of unbranched alkanes of at least 4 members (excludes halogenated alkanes) is 1. The molecule has 0 saturated carbocycles. The van der Waals surface area contributed by atoms with E-state index in [0.29, 0.717) is 24.3 Å². The van der Waals surface area contributed by atoms with Crippen LogP contribution < -0.4 is 15.0 Å². The lowest BCUT2D eigenvalue weighted by atomic mass is 10.1. The highest BCUT2D eigenvalue weighted by Crippen LogP contribution is 2.27. The van der Waals surface area contributed by atoms with Gasteiger partial charge in [0.15, 0.2) is 0 Å².